The summed E-state index contributed by atoms with van der Waals surface area (Å²) in [6, 6.07) is 7.99. The predicted molar refractivity (Wildman–Crippen MR) is 120 cm³/mol. The molecular weight excluding hydrogens is 388 g/mol. The molecule has 2 amide bonds. The molecule has 3 N–H and O–H groups in total. The van der Waals surface area contributed by atoms with Crippen LogP contribution in [0.25, 0.3) is 0 Å². The molecule has 2 aliphatic heterocycles. The zero-order valence-corrected chi connectivity index (χ0v) is 18.4. The Kier molecular flexibility index (Phi) is 9.40. The average molecular weight is 423 g/mol. The fraction of sp³-hybridized carbons (Fsp3) is 0.636. The largest absolute Gasteiger partial charge is 0.354 e. The predicted octanol–water partition coefficient (Wildman–Crippen LogP) is 2.75. The maximum atomic E-state index is 12.6. The van der Waals surface area contributed by atoms with E-state index in [9.17, 15) is 9.59 Å². The molecule has 2 aliphatic rings. The maximum absolute atomic E-state index is 12.6. The summed E-state index contributed by atoms with van der Waals surface area (Å²) in [6.45, 7) is 8.10. The monoisotopic (exact) mass is 422 g/mol. The van der Waals surface area contributed by atoms with Crippen molar-refractivity contribution in [3.63, 3.8) is 0 Å². The third-order valence-electron chi connectivity index (χ3n) is 5.77. The molecule has 0 aromatic heterocycles. The van der Waals surface area contributed by atoms with Crippen molar-refractivity contribution in [2.75, 3.05) is 38.0 Å². The minimum atomic E-state index is -0.0218. The summed E-state index contributed by atoms with van der Waals surface area (Å²) >= 11 is 0. The molecule has 0 saturated carbocycles. The van der Waals surface area contributed by atoms with Crippen molar-refractivity contribution in [1.82, 2.24) is 15.5 Å². The van der Waals surface area contributed by atoms with Gasteiger partial charge in [0.15, 0.2) is 0 Å². The van der Waals surface area contributed by atoms with Gasteiger partial charge in [-0.2, -0.15) is 0 Å². The normalized spacial score (nSPS) is 22.2. The Hall–Kier alpha value is -1.63. The summed E-state index contributed by atoms with van der Waals surface area (Å²) < 4.78 is 0. The van der Waals surface area contributed by atoms with E-state index in [1.54, 1.807) is 0 Å². The number of carbonyl (C=O) groups is 2. The molecule has 162 valence electrons. The molecule has 2 fully saturated rings. The first kappa shape index (κ1) is 23.6. The minimum absolute atomic E-state index is 0. The first-order valence-corrected chi connectivity index (χ1v) is 10.6. The topological polar surface area (TPSA) is 73.5 Å². The highest BCUT2D eigenvalue weighted by molar-refractivity contribution is 5.93. The highest BCUT2D eigenvalue weighted by Gasteiger charge is 2.25. The van der Waals surface area contributed by atoms with E-state index in [-0.39, 0.29) is 30.3 Å². The van der Waals surface area contributed by atoms with Crippen molar-refractivity contribution in [3.05, 3.63) is 29.8 Å². The van der Waals surface area contributed by atoms with Gasteiger partial charge in [-0.1, -0.05) is 32.0 Å². The van der Waals surface area contributed by atoms with Crippen molar-refractivity contribution in [3.8, 4) is 0 Å². The molecule has 2 unspecified atom stereocenters. The number of nitrogens with one attached hydrogen (secondary N) is 3. The van der Waals surface area contributed by atoms with E-state index in [0.717, 1.165) is 56.6 Å². The molecular formula is C22H35ClN4O2. The first-order valence-electron chi connectivity index (χ1n) is 10.6. The second-order valence-corrected chi connectivity index (χ2v) is 8.43. The van der Waals surface area contributed by atoms with Gasteiger partial charge in [-0.05, 0) is 62.2 Å². The Bertz CT molecular complexity index is 677. The lowest BCUT2D eigenvalue weighted by Gasteiger charge is -2.32. The Morgan fingerprint density at radius 2 is 2.00 bits per heavy atom. The second kappa shape index (κ2) is 11.5. The standard InChI is InChI=1S/C22H34N4O2.ClH/c1-16(2)18-8-3-4-9-19(18)25-21(27)15-26-12-6-7-17(14-26)13-24-22(28)20-10-5-11-23-20;/h3-4,8-9,16-17,20,23H,5-7,10-15H2,1-2H3,(H,24,28)(H,25,27);1H. The molecule has 7 heteroatoms. The van der Waals surface area contributed by atoms with Crippen molar-refractivity contribution in [1.29, 1.82) is 0 Å². The van der Waals surface area contributed by atoms with E-state index in [1.807, 2.05) is 18.2 Å². The molecule has 1 aromatic rings. The summed E-state index contributed by atoms with van der Waals surface area (Å²) in [5, 5.41) is 9.42. The molecule has 1 aromatic carbocycles. The summed E-state index contributed by atoms with van der Waals surface area (Å²) in [7, 11) is 0. The van der Waals surface area contributed by atoms with E-state index >= 15 is 0 Å². The van der Waals surface area contributed by atoms with Gasteiger partial charge in [0, 0.05) is 18.8 Å². The average Bonchev–Trinajstić information content (AvgIpc) is 3.21. The number of hydrogen-bond donors (Lipinski definition) is 3. The smallest absolute Gasteiger partial charge is 0.238 e. The number of anilines is 1. The lowest BCUT2D eigenvalue weighted by atomic mass is 9.97. The number of piperidine rings is 1. The van der Waals surface area contributed by atoms with Crippen molar-refractivity contribution < 1.29 is 9.59 Å². The third-order valence-corrected chi connectivity index (χ3v) is 5.77. The molecule has 2 atom stereocenters. The number of para-hydroxylation sites is 1. The van der Waals surface area contributed by atoms with E-state index in [4.69, 9.17) is 0 Å². The van der Waals surface area contributed by atoms with Crippen LogP contribution in [0.15, 0.2) is 24.3 Å². The van der Waals surface area contributed by atoms with Crippen LogP contribution in [0.4, 0.5) is 5.69 Å². The van der Waals surface area contributed by atoms with Gasteiger partial charge >= 0.3 is 0 Å². The van der Waals surface area contributed by atoms with Gasteiger partial charge in [-0.15, -0.1) is 12.4 Å². The van der Waals surface area contributed by atoms with Crippen molar-refractivity contribution in [2.24, 2.45) is 5.92 Å². The van der Waals surface area contributed by atoms with Gasteiger partial charge in [-0.25, -0.2) is 0 Å². The molecule has 0 bridgehead atoms. The number of benzene rings is 1. The molecule has 29 heavy (non-hydrogen) atoms. The molecule has 0 spiro atoms. The Morgan fingerprint density at radius 1 is 1.21 bits per heavy atom. The number of carbonyl (C=O) groups excluding carboxylic acids is 2. The molecule has 0 aliphatic carbocycles. The number of halogens is 1. The summed E-state index contributed by atoms with van der Waals surface area (Å²) in [5.74, 6) is 0.939. The van der Waals surface area contributed by atoms with Gasteiger partial charge in [-0.3, -0.25) is 14.5 Å². The second-order valence-electron chi connectivity index (χ2n) is 8.43. The summed E-state index contributed by atoms with van der Waals surface area (Å²) in [4.78, 5) is 27.0. The third kappa shape index (κ3) is 6.98. The van der Waals surface area contributed by atoms with Gasteiger partial charge in [0.25, 0.3) is 0 Å². The van der Waals surface area contributed by atoms with Crippen molar-refractivity contribution in [2.45, 2.75) is 51.5 Å². The SMILES string of the molecule is CC(C)c1ccccc1NC(=O)CN1CCCC(CNC(=O)C2CCCN2)C1.Cl. The van der Waals surface area contributed by atoms with Crippen LogP contribution in [-0.4, -0.2) is 55.5 Å². The zero-order valence-electron chi connectivity index (χ0n) is 17.6. The highest BCUT2D eigenvalue weighted by atomic mass is 35.5. The van der Waals surface area contributed by atoms with E-state index in [0.29, 0.717) is 24.9 Å². The van der Waals surface area contributed by atoms with E-state index < -0.39 is 0 Å². The quantitative estimate of drug-likeness (QED) is 0.631. The Balaban J connectivity index is 0.00000300. The minimum Gasteiger partial charge on any atom is -0.354 e. The summed E-state index contributed by atoms with van der Waals surface area (Å²) in [6.07, 6.45) is 4.18. The lowest BCUT2D eigenvalue weighted by Crippen LogP contribution is -2.46. The lowest BCUT2D eigenvalue weighted by molar-refractivity contribution is -0.123. The van der Waals surface area contributed by atoms with Crippen molar-refractivity contribution >= 4 is 29.9 Å². The number of amides is 2. The first-order chi connectivity index (χ1) is 13.5. The van der Waals surface area contributed by atoms with Gasteiger partial charge in [0.05, 0.1) is 12.6 Å². The van der Waals surface area contributed by atoms with Crippen LogP contribution in [-0.2, 0) is 9.59 Å². The van der Waals surface area contributed by atoms with Crippen LogP contribution in [0.5, 0.6) is 0 Å². The Morgan fingerprint density at radius 3 is 2.72 bits per heavy atom. The van der Waals surface area contributed by atoms with Crippen LogP contribution in [0.2, 0.25) is 0 Å². The van der Waals surface area contributed by atoms with Crippen LogP contribution < -0.4 is 16.0 Å². The number of likely N-dealkylation sites (tertiary alicyclic amines) is 1. The maximum Gasteiger partial charge on any atom is 0.238 e. The fourth-order valence-electron chi connectivity index (χ4n) is 4.25. The fourth-order valence-corrected chi connectivity index (χ4v) is 4.25. The van der Waals surface area contributed by atoms with Gasteiger partial charge in [0.1, 0.15) is 0 Å². The molecule has 2 saturated heterocycles. The van der Waals surface area contributed by atoms with Crippen LogP contribution in [0.3, 0.4) is 0 Å². The molecule has 3 rings (SSSR count). The zero-order chi connectivity index (χ0) is 19.9. The molecule has 2 heterocycles. The van der Waals surface area contributed by atoms with E-state index in [1.165, 1.54) is 0 Å². The number of hydrogen-bond acceptors (Lipinski definition) is 4. The van der Waals surface area contributed by atoms with Crippen LogP contribution in [0.1, 0.15) is 51.0 Å². The van der Waals surface area contributed by atoms with Gasteiger partial charge in [0.2, 0.25) is 11.8 Å². The molecule has 0 radical (unpaired) electrons. The summed E-state index contributed by atoms with van der Waals surface area (Å²) in [5.41, 5.74) is 2.07. The number of nitrogens with zero attached hydrogens (tertiary/aromatic N) is 1. The van der Waals surface area contributed by atoms with Crippen LogP contribution >= 0.6 is 12.4 Å². The van der Waals surface area contributed by atoms with E-state index in [2.05, 4.69) is 40.8 Å². The van der Waals surface area contributed by atoms with Crippen LogP contribution in [0, 0.1) is 5.92 Å². The number of rotatable bonds is 7. The highest BCUT2D eigenvalue weighted by Crippen LogP contribution is 2.24. The van der Waals surface area contributed by atoms with Gasteiger partial charge < -0.3 is 16.0 Å². The molecule has 6 nitrogen and oxygen atoms in total. The Labute approximate surface area is 180 Å².